The van der Waals surface area contributed by atoms with Gasteiger partial charge in [0.2, 0.25) is 5.17 Å². The molecular formula is C28H27N5O3S. The molecule has 8 nitrogen and oxygen atoms in total. The van der Waals surface area contributed by atoms with Crippen LogP contribution in [0.2, 0.25) is 0 Å². The zero-order valence-corrected chi connectivity index (χ0v) is 22.1. The van der Waals surface area contributed by atoms with Gasteiger partial charge in [-0.1, -0.05) is 24.3 Å². The van der Waals surface area contributed by atoms with Gasteiger partial charge in [0, 0.05) is 11.4 Å². The number of aryl methyl sites for hydroxylation is 3. The van der Waals surface area contributed by atoms with Gasteiger partial charge in [-0.2, -0.15) is 15.1 Å². The van der Waals surface area contributed by atoms with Crippen molar-refractivity contribution in [3.05, 3.63) is 82.2 Å². The van der Waals surface area contributed by atoms with Gasteiger partial charge in [0.15, 0.2) is 5.84 Å². The molecule has 0 unspecified atom stereocenters. The zero-order valence-electron chi connectivity index (χ0n) is 21.3. The molecule has 3 heterocycles. The number of hydrogen-bond acceptors (Lipinski definition) is 6. The third-order valence-electron chi connectivity index (χ3n) is 6.29. The van der Waals surface area contributed by atoms with E-state index in [9.17, 15) is 4.79 Å². The maximum atomic E-state index is 13.0. The number of amidine groups is 2. The van der Waals surface area contributed by atoms with Crippen molar-refractivity contribution in [2.24, 2.45) is 10.1 Å². The van der Waals surface area contributed by atoms with Crippen LogP contribution in [0.15, 0.2) is 64.2 Å². The molecule has 3 aromatic rings. The van der Waals surface area contributed by atoms with Gasteiger partial charge in [0.1, 0.15) is 23.1 Å². The summed E-state index contributed by atoms with van der Waals surface area (Å²) in [4.78, 5) is 17.2. The normalized spacial score (nSPS) is 16.1. The van der Waals surface area contributed by atoms with E-state index >= 15 is 0 Å². The number of fused-ring (bicyclic) bond motifs is 1. The van der Waals surface area contributed by atoms with Crippen LogP contribution < -0.4 is 9.47 Å². The number of carbonyl (C=O) groups excluding carboxylic acids is 1. The summed E-state index contributed by atoms with van der Waals surface area (Å²) in [6.07, 6.45) is 1.72. The summed E-state index contributed by atoms with van der Waals surface area (Å²) in [6.45, 7) is 8.22. The van der Waals surface area contributed by atoms with Crippen LogP contribution in [0.5, 0.6) is 11.5 Å². The molecule has 188 valence electrons. The van der Waals surface area contributed by atoms with Crippen molar-refractivity contribution in [3.8, 4) is 17.2 Å². The van der Waals surface area contributed by atoms with Crippen LogP contribution >= 0.6 is 11.8 Å². The number of thioether (sulfide) groups is 1. The summed E-state index contributed by atoms with van der Waals surface area (Å²) >= 11 is 1.24. The van der Waals surface area contributed by atoms with Crippen LogP contribution in [0.25, 0.3) is 11.8 Å². The van der Waals surface area contributed by atoms with Gasteiger partial charge in [0.05, 0.1) is 18.4 Å². The van der Waals surface area contributed by atoms with Crippen LogP contribution in [-0.4, -0.2) is 45.2 Å². The minimum atomic E-state index is -0.460. The molecular weight excluding hydrogens is 486 g/mol. The summed E-state index contributed by atoms with van der Waals surface area (Å²) in [5, 5.41) is 15.6. The van der Waals surface area contributed by atoms with Crippen LogP contribution in [0.4, 0.5) is 0 Å². The number of hydrogen-bond donors (Lipinski definition) is 1. The van der Waals surface area contributed by atoms with E-state index < -0.39 is 5.91 Å². The number of aliphatic imine (C=N–C) groups is 1. The molecule has 0 spiro atoms. The lowest BCUT2D eigenvalue weighted by Crippen LogP contribution is -2.35. The fourth-order valence-corrected chi connectivity index (χ4v) is 5.18. The van der Waals surface area contributed by atoms with Crippen molar-refractivity contribution < 1.29 is 14.3 Å². The number of ether oxygens (including phenoxy) is 2. The van der Waals surface area contributed by atoms with E-state index in [1.54, 1.807) is 13.2 Å². The monoisotopic (exact) mass is 513 g/mol. The summed E-state index contributed by atoms with van der Waals surface area (Å²) in [5.74, 6) is 1.06. The number of benzene rings is 2. The molecule has 2 aliphatic heterocycles. The fourth-order valence-electron chi connectivity index (χ4n) is 4.38. The zero-order chi connectivity index (χ0) is 26.3. The Kier molecular flexibility index (Phi) is 6.47. The molecule has 0 aliphatic carbocycles. The molecule has 0 saturated carbocycles. The second kappa shape index (κ2) is 9.74. The van der Waals surface area contributed by atoms with Gasteiger partial charge in [-0.3, -0.25) is 10.2 Å². The molecule has 5 rings (SSSR count). The van der Waals surface area contributed by atoms with Crippen molar-refractivity contribution in [1.29, 1.82) is 5.41 Å². The predicted octanol–water partition coefficient (Wildman–Crippen LogP) is 5.42. The first-order valence-corrected chi connectivity index (χ1v) is 12.6. The Hall–Kier alpha value is -4.11. The lowest BCUT2D eigenvalue weighted by molar-refractivity contribution is -0.114. The van der Waals surface area contributed by atoms with Gasteiger partial charge in [-0.25, -0.2) is 0 Å². The molecule has 1 amide bonds. The Bertz CT molecular complexity index is 1530. The van der Waals surface area contributed by atoms with Gasteiger partial charge < -0.3 is 14.0 Å². The number of para-hydroxylation sites is 1. The molecule has 1 aromatic heterocycles. The minimum absolute atomic E-state index is 0.00803. The Morgan fingerprint density at radius 2 is 1.84 bits per heavy atom. The standard InChI is InChI=1S/C28H27N5O3S/c1-16-10-11-24(35-5)22(12-16)32-18(3)13-20(19(32)4)14-21-26(29)33-28(30-27(21)34)37-25(31-33)15-36-23-9-7-6-8-17(23)2/h6-14,29H,15H2,1-5H3/b21-14+,29-26?. The highest BCUT2D eigenvalue weighted by Gasteiger charge is 2.36. The fraction of sp³-hybridized carbons (Fsp3) is 0.214. The second-order valence-corrected chi connectivity index (χ2v) is 9.95. The van der Waals surface area contributed by atoms with E-state index in [0.717, 1.165) is 45.3 Å². The summed E-state index contributed by atoms with van der Waals surface area (Å²) in [7, 11) is 1.65. The summed E-state index contributed by atoms with van der Waals surface area (Å²) < 4.78 is 13.6. The third kappa shape index (κ3) is 4.58. The van der Waals surface area contributed by atoms with Crippen LogP contribution in [0.3, 0.4) is 0 Å². The third-order valence-corrected chi connectivity index (χ3v) is 7.17. The van der Waals surface area contributed by atoms with Crippen molar-refractivity contribution >= 4 is 39.8 Å². The second-order valence-electron chi connectivity index (χ2n) is 8.91. The predicted molar refractivity (Wildman–Crippen MR) is 148 cm³/mol. The molecule has 2 aliphatic rings. The summed E-state index contributed by atoms with van der Waals surface area (Å²) in [5.41, 5.74) is 5.98. The Labute approximate surface area is 219 Å². The number of hydrazone groups is 1. The largest absolute Gasteiger partial charge is 0.495 e. The van der Waals surface area contributed by atoms with Crippen molar-refractivity contribution in [2.45, 2.75) is 27.7 Å². The van der Waals surface area contributed by atoms with E-state index in [2.05, 4.69) is 20.7 Å². The molecule has 0 bridgehead atoms. The highest BCUT2D eigenvalue weighted by atomic mass is 32.2. The average molecular weight is 514 g/mol. The van der Waals surface area contributed by atoms with Crippen molar-refractivity contribution in [3.63, 3.8) is 0 Å². The van der Waals surface area contributed by atoms with Gasteiger partial charge in [-0.15, -0.1) is 0 Å². The average Bonchev–Trinajstić information content (AvgIpc) is 3.40. The molecule has 0 fully saturated rings. The highest BCUT2D eigenvalue weighted by molar-refractivity contribution is 8.27. The lowest BCUT2D eigenvalue weighted by atomic mass is 10.1. The van der Waals surface area contributed by atoms with Gasteiger partial charge in [0.25, 0.3) is 5.91 Å². The molecule has 0 saturated heterocycles. The molecule has 2 aromatic carbocycles. The first-order chi connectivity index (χ1) is 17.8. The SMILES string of the molecule is COc1ccc(C)cc1-n1c(C)cc(/C=C2\C(=N)N3N=C(COc4ccccc4C)SC3=NC2=O)c1C. The molecule has 1 N–H and O–H groups in total. The smallest absolute Gasteiger partial charge is 0.283 e. The first kappa shape index (κ1) is 24.6. The van der Waals surface area contributed by atoms with E-state index in [0.29, 0.717) is 10.2 Å². The van der Waals surface area contributed by atoms with E-state index in [4.69, 9.17) is 14.9 Å². The number of aromatic nitrogens is 1. The number of nitrogens with one attached hydrogen (secondary N) is 1. The summed E-state index contributed by atoms with van der Waals surface area (Å²) in [6, 6.07) is 15.8. The van der Waals surface area contributed by atoms with Crippen molar-refractivity contribution in [2.75, 3.05) is 13.7 Å². The Morgan fingerprint density at radius 3 is 2.59 bits per heavy atom. The van der Waals surface area contributed by atoms with Crippen LogP contribution in [0.1, 0.15) is 28.1 Å². The van der Waals surface area contributed by atoms with Crippen molar-refractivity contribution in [1.82, 2.24) is 9.58 Å². The Morgan fingerprint density at radius 1 is 1.05 bits per heavy atom. The number of carbonyl (C=O) groups is 1. The molecule has 9 heteroatoms. The number of amides is 1. The quantitative estimate of drug-likeness (QED) is 0.445. The van der Waals surface area contributed by atoms with E-state index in [1.807, 2.05) is 70.2 Å². The maximum absolute atomic E-state index is 13.0. The highest BCUT2D eigenvalue weighted by Crippen LogP contribution is 2.32. The first-order valence-electron chi connectivity index (χ1n) is 11.8. The lowest BCUT2D eigenvalue weighted by Gasteiger charge is -2.20. The van der Waals surface area contributed by atoms with E-state index in [-0.39, 0.29) is 18.0 Å². The van der Waals surface area contributed by atoms with Gasteiger partial charge in [-0.05, 0) is 86.5 Å². The van der Waals surface area contributed by atoms with E-state index in [1.165, 1.54) is 16.8 Å². The van der Waals surface area contributed by atoms with Gasteiger partial charge >= 0.3 is 0 Å². The number of nitrogens with zero attached hydrogens (tertiary/aromatic N) is 4. The molecule has 0 radical (unpaired) electrons. The van der Waals surface area contributed by atoms with Crippen LogP contribution in [-0.2, 0) is 4.79 Å². The number of methoxy groups -OCH3 is 1. The minimum Gasteiger partial charge on any atom is -0.495 e. The molecule has 37 heavy (non-hydrogen) atoms. The maximum Gasteiger partial charge on any atom is 0.283 e. The van der Waals surface area contributed by atoms with Crippen LogP contribution in [0, 0.1) is 33.1 Å². The number of rotatable bonds is 6. The molecule has 0 atom stereocenters. The topological polar surface area (TPSA) is 92.3 Å². The Balaban J connectivity index is 1.43.